The molecule has 0 saturated heterocycles. The number of halogens is 3. The fraction of sp³-hybridized carbons (Fsp3) is 0.316. The van der Waals surface area contributed by atoms with Crippen molar-refractivity contribution in [1.29, 1.82) is 0 Å². The molecule has 1 aromatic carbocycles. The van der Waals surface area contributed by atoms with E-state index in [-0.39, 0.29) is 12.1 Å². The van der Waals surface area contributed by atoms with Gasteiger partial charge in [-0.15, -0.1) is 0 Å². The summed E-state index contributed by atoms with van der Waals surface area (Å²) in [5, 5.41) is 2.48. The maximum absolute atomic E-state index is 13.0. The van der Waals surface area contributed by atoms with Gasteiger partial charge in [-0.3, -0.25) is 9.78 Å². The van der Waals surface area contributed by atoms with Crippen molar-refractivity contribution in [3.63, 3.8) is 0 Å². The van der Waals surface area contributed by atoms with Crippen molar-refractivity contribution in [2.24, 2.45) is 0 Å². The SMILES string of the molecule is CC(C)(C)OC(=O)c1ccc(C(F)(F)F)cc1C(=O)NCc1ccccn1. The highest BCUT2D eigenvalue weighted by Crippen LogP contribution is 2.31. The summed E-state index contributed by atoms with van der Waals surface area (Å²) < 4.78 is 44.3. The minimum Gasteiger partial charge on any atom is -0.456 e. The number of hydrogen-bond acceptors (Lipinski definition) is 4. The van der Waals surface area contributed by atoms with Crippen LogP contribution in [0.3, 0.4) is 0 Å². The molecular weight excluding hydrogens is 361 g/mol. The molecule has 0 bridgehead atoms. The third kappa shape index (κ3) is 5.80. The molecule has 2 aromatic rings. The van der Waals surface area contributed by atoms with Crippen LogP contribution in [0.2, 0.25) is 0 Å². The molecule has 0 aliphatic carbocycles. The number of amides is 1. The normalized spacial score (nSPS) is 11.8. The Morgan fingerprint density at radius 3 is 2.33 bits per heavy atom. The van der Waals surface area contributed by atoms with Crippen molar-refractivity contribution in [2.75, 3.05) is 0 Å². The Bertz CT molecular complexity index is 828. The third-order valence-electron chi connectivity index (χ3n) is 3.37. The van der Waals surface area contributed by atoms with Gasteiger partial charge in [0.2, 0.25) is 0 Å². The molecule has 2 rings (SSSR count). The van der Waals surface area contributed by atoms with Crippen LogP contribution in [0.1, 0.15) is 52.7 Å². The summed E-state index contributed by atoms with van der Waals surface area (Å²) in [6.07, 6.45) is -3.12. The summed E-state index contributed by atoms with van der Waals surface area (Å²) >= 11 is 0. The molecule has 27 heavy (non-hydrogen) atoms. The molecule has 0 atom stereocenters. The molecule has 0 spiro atoms. The van der Waals surface area contributed by atoms with Crippen LogP contribution < -0.4 is 5.32 Å². The molecule has 0 saturated carbocycles. The van der Waals surface area contributed by atoms with E-state index in [1.165, 1.54) is 6.20 Å². The van der Waals surface area contributed by atoms with Crippen LogP contribution >= 0.6 is 0 Å². The number of esters is 1. The maximum Gasteiger partial charge on any atom is 0.416 e. The van der Waals surface area contributed by atoms with Crippen molar-refractivity contribution in [2.45, 2.75) is 39.1 Å². The third-order valence-corrected chi connectivity index (χ3v) is 3.37. The van der Waals surface area contributed by atoms with Crippen molar-refractivity contribution in [3.05, 3.63) is 65.0 Å². The predicted octanol–water partition coefficient (Wildman–Crippen LogP) is 3.99. The first-order valence-electron chi connectivity index (χ1n) is 8.10. The number of hydrogen-bond donors (Lipinski definition) is 1. The second kappa shape index (κ2) is 7.77. The van der Waals surface area contributed by atoms with Gasteiger partial charge in [-0.25, -0.2) is 4.79 Å². The molecule has 5 nitrogen and oxygen atoms in total. The second-order valence-corrected chi connectivity index (χ2v) is 6.76. The first-order chi connectivity index (χ1) is 12.5. The number of carbonyl (C=O) groups is 2. The molecule has 0 aliphatic heterocycles. The molecule has 1 amide bonds. The maximum atomic E-state index is 13.0. The molecule has 0 radical (unpaired) electrons. The van der Waals surface area contributed by atoms with Gasteiger partial charge in [0, 0.05) is 6.20 Å². The zero-order valence-corrected chi connectivity index (χ0v) is 15.1. The Morgan fingerprint density at radius 1 is 1.07 bits per heavy atom. The number of nitrogens with zero attached hydrogens (tertiary/aromatic N) is 1. The molecule has 0 aliphatic rings. The summed E-state index contributed by atoms with van der Waals surface area (Å²) in [5.74, 6) is -1.70. The van der Waals surface area contributed by atoms with Gasteiger partial charge in [-0.2, -0.15) is 13.2 Å². The van der Waals surface area contributed by atoms with Crippen molar-refractivity contribution >= 4 is 11.9 Å². The van der Waals surface area contributed by atoms with E-state index < -0.39 is 34.8 Å². The van der Waals surface area contributed by atoms with Gasteiger partial charge in [0.05, 0.1) is 28.9 Å². The lowest BCUT2D eigenvalue weighted by Gasteiger charge is -2.21. The molecule has 0 fully saturated rings. The molecule has 1 heterocycles. The fourth-order valence-electron chi connectivity index (χ4n) is 2.19. The molecule has 8 heteroatoms. The van der Waals surface area contributed by atoms with Gasteiger partial charge in [-0.05, 0) is 51.1 Å². The Morgan fingerprint density at radius 2 is 1.78 bits per heavy atom. The van der Waals surface area contributed by atoms with Crippen molar-refractivity contribution < 1.29 is 27.5 Å². The summed E-state index contributed by atoms with van der Waals surface area (Å²) in [4.78, 5) is 28.8. The molecule has 144 valence electrons. The van der Waals surface area contributed by atoms with Crippen molar-refractivity contribution in [1.82, 2.24) is 10.3 Å². The topological polar surface area (TPSA) is 68.3 Å². The summed E-state index contributed by atoms with van der Waals surface area (Å²) in [7, 11) is 0. The average molecular weight is 380 g/mol. The van der Waals surface area contributed by atoms with Crippen LogP contribution in [0.5, 0.6) is 0 Å². The Hall–Kier alpha value is -2.90. The lowest BCUT2D eigenvalue weighted by atomic mass is 10.0. The van der Waals surface area contributed by atoms with Gasteiger partial charge in [-0.1, -0.05) is 6.07 Å². The lowest BCUT2D eigenvalue weighted by Crippen LogP contribution is -2.29. The molecule has 1 N–H and O–H groups in total. The zero-order valence-electron chi connectivity index (χ0n) is 15.1. The first kappa shape index (κ1) is 20.4. The first-order valence-corrected chi connectivity index (χ1v) is 8.10. The number of ether oxygens (including phenoxy) is 1. The van der Waals surface area contributed by atoms with Gasteiger partial charge >= 0.3 is 12.1 Å². The van der Waals surface area contributed by atoms with Gasteiger partial charge in [0.15, 0.2) is 0 Å². The van der Waals surface area contributed by atoms with Crippen LogP contribution in [0.15, 0.2) is 42.6 Å². The quantitative estimate of drug-likeness (QED) is 0.815. The van der Waals surface area contributed by atoms with E-state index in [2.05, 4.69) is 10.3 Å². The summed E-state index contributed by atoms with van der Waals surface area (Å²) in [6.45, 7) is 4.87. The number of pyridine rings is 1. The smallest absolute Gasteiger partial charge is 0.416 e. The Balaban J connectivity index is 2.34. The highest BCUT2D eigenvalue weighted by molar-refractivity contribution is 6.05. The van der Waals surface area contributed by atoms with E-state index in [1.54, 1.807) is 39.0 Å². The minimum atomic E-state index is -4.65. The monoisotopic (exact) mass is 380 g/mol. The van der Waals surface area contributed by atoms with Crippen LogP contribution in [-0.4, -0.2) is 22.5 Å². The molecule has 1 aromatic heterocycles. The van der Waals surface area contributed by atoms with Gasteiger partial charge < -0.3 is 10.1 Å². The largest absolute Gasteiger partial charge is 0.456 e. The van der Waals surface area contributed by atoms with E-state index in [4.69, 9.17) is 4.74 Å². The highest BCUT2D eigenvalue weighted by atomic mass is 19.4. The van der Waals surface area contributed by atoms with Crippen LogP contribution in [0.25, 0.3) is 0 Å². The number of benzene rings is 1. The van der Waals surface area contributed by atoms with E-state index in [0.29, 0.717) is 11.8 Å². The highest BCUT2D eigenvalue weighted by Gasteiger charge is 2.33. The number of rotatable bonds is 4. The number of carbonyl (C=O) groups excluding carboxylic acids is 2. The van der Waals surface area contributed by atoms with E-state index in [9.17, 15) is 22.8 Å². The standard InChI is InChI=1S/C19H19F3N2O3/c1-18(2,3)27-17(26)14-8-7-12(19(20,21)22)10-15(14)16(25)24-11-13-6-4-5-9-23-13/h4-10H,11H2,1-3H3,(H,24,25). The Kier molecular flexibility index (Phi) is 5.88. The second-order valence-electron chi connectivity index (χ2n) is 6.76. The van der Waals surface area contributed by atoms with Crippen LogP contribution in [0, 0.1) is 0 Å². The average Bonchev–Trinajstić information content (AvgIpc) is 2.57. The van der Waals surface area contributed by atoms with E-state index in [1.807, 2.05) is 0 Å². The van der Waals surface area contributed by atoms with Crippen molar-refractivity contribution in [3.8, 4) is 0 Å². The zero-order chi connectivity index (χ0) is 20.2. The van der Waals surface area contributed by atoms with E-state index >= 15 is 0 Å². The molecular formula is C19H19F3N2O3. The fourth-order valence-corrected chi connectivity index (χ4v) is 2.19. The summed E-state index contributed by atoms with van der Waals surface area (Å²) in [5.41, 5.74) is -2.01. The minimum absolute atomic E-state index is 0.00365. The van der Waals surface area contributed by atoms with Gasteiger partial charge in [0.1, 0.15) is 5.60 Å². The summed E-state index contributed by atoms with van der Waals surface area (Å²) in [6, 6.07) is 7.40. The predicted molar refractivity (Wildman–Crippen MR) is 92.0 cm³/mol. The van der Waals surface area contributed by atoms with Crippen LogP contribution in [0.4, 0.5) is 13.2 Å². The lowest BCUT2D eigenvalue weighted by molar-refractivity contribution is -0.137. The van der Waals surface area contributed by atoms with Gasteiger partial charge in [0.25, 0.3) is 5.91 Å². The van der Waals surface area contributed by atoms with E-state index in [0.717, 1.165) is 12.1 Å². The number of alkyl halides is 3. The number of nitrogens with one attached hydrogen (secondary N) is 1. The Labute approximate surface area is 154 Å². The number of aromatic nitrogens is 1. The van der Waals surface area contributed by atoms with Crippen LogP contribution in [-0.2, 0) is 17.5 Å². The molecule has 0 unspecified atom stereocenters.